The highest BCUT2D eigenvalue weighted by Gasteiger charge is 2.19. The van der Waals surface area contributed by atoms with E-state index in [1.165, 1.54) is 17.0 Å². The lowest BCUT2D eigenvalue weighted by atomic mass is 10.1. The molecule has 1 aromatic rings. The predicted octanol–water partition coefficient (Wildman–Crippen LogP) is 1.63. The van der Waals surface area contributed by atoms with E-state index in [9.17, 15) is 9.18 Å². The first kappa shape index (κ1) is 12.6. The van der Waals surface area contributed by atoms with E-state index in [1.807, 2.05) is 6.92 Å². The molecule has 1 atom stereocenters. The Balaban J connectivity index is 2.82. The number of hydrogen-bond acceptors (Lipinski definition) is 2. The molecule has 1 amide bonds. The smallest absolute Gasteiger partial charge is 0.256 e. The standard InChI is InChI=1S/C12H17FN2O/c1-9(7-8-14)15(2)12(16)10-5-3-4-6-11(10)13/h3-6,9H,7-8,14H2,1-2H3. The van der Waals surface area contributed by atoms with Gasteiger partial charge >= 0.3 is 0 Å². The number of nitrogens with zero attached hydrogens (tertiary/aromatic N) is 1. The highest BCUT2D eigenvalue weighted by atomic mass is 19.1. The van der Waals surface area contributed by atoms with Crippen LogP contribution >= 0.6 is 0 Å². The van der Waals surface area contributed by atoms with Gasteiger partial charge in [-0.05, 0) is 32.0 Å². The first-order valence-corrected chi connectivity index (χ1v) is 5.29. The zero-order chi connectivity index (χ0) is 12.1. The van der Waals surface area contributed by atoms with Gasteiger partial charge in [-0.2, -0.15) is 0 Å². The van der Waals surface area contributed by atoms with Gasteiger partial charge in [0, 0.05) is 13.1 Å². The maximum Gasteiger partial charge on any atom is 0.256 e. The quantitative estimate of drug-likeness (QED) is 0.845. The molecule has 0 heterocycles. The van der Waals surface area contributed by atoms with Crippen LogP contribution in [0.5, 0.6) is 0 Å². The average molecular weight is 224 g/mol. The number of carbonyl (C=O) groups is 1. The topological polar surface area (TPSA) is 46.3 Å². The zero-order valence-corrected chi connectivity index (χ0v) is 9.61. The Morgan fingerprint density at radius 3 is 2.69 bits per heavy atom. The van der Waals surface area contributed by atoms with Crippen molar-refractivity contribution in [3.63, 3.8) is 0 Å². The van der Waals surface area contributed by atoms with Crippen LogP contribution in [0.2, 0.25) is 0 Å². The third kappa shape index (κ3) is 2.79. The number of carbonyl (C=O) groups excluding carboxylic acids is 1. The van der Waals surface area contributed by atoms with E-state index < -0.39 is 5.82 Å². The van der Waals surface area contributed by atoms with Gasteiger partial charge in [0.25, 0.3) is 5.91 Å². The average Bonchev–Trinajstić information content (AvgIpc) is 2.28. The van der Waals surface area contributed by atoms with Crippen LogP contribution in [0.3, 0.4) is 0 Å². The number of halogens is 1. The summed E-state index contributed by atoms with van der Waals surface area (Å²) in [5.41, 5.74) is 5.53. The Bertz CT molecular complexity index is 368. The fourth-order valence-corrected chi connectivity index (χ4v) is 1.46. The van der Waals surface area contributed by atoms with Gasteiger partial charge in [-0.1, -0.05) is 12.1 Å². The largest absolute Gasteiger partial charge is 0.339 e. The van der Waals surface area contributed by atoms with Crippen molar-refractivity contribution in [3.8, 4) is 0 Å². The van der Waals surface area contributed by atoms with Crippen molar-refractivity contribution < 1.29 is 9.18 Å². The minimum absolute atomic E-state index is 0.0112. The molecule has 0 fully saturated rings. The number of rotatable bonds is 4. The molecule has 0 aliphatic heterocycles. The second-order valence-electron chi connectivity index (χ2n) is 3.82. The summed E-state index contributed by atoms with van der Waals surface area (Å²) in [5.74, 6) is -0.793. The normalized spacial score (nSPS) is 12.2. The molecule has 0 aliphatic carbocycles. The van der Waals surface area contributed by atoms with Crippen LogP contribution in [0, 0.1) is 5.82 Å². The third-order valence-corrected chi connectivity index (χ3v) is 2.67. The molecule has 2 N–H and O–H groups in total. The summed E-state index contributed by atoms with van der Waals surface area (Å²) in [7, 11) is 1.66. The van der Waals surface area contributed by atoms with Crippen LogP contribution in [-0.4, -0.2) is 30.4 Å². The van der Waals surface area contributed by atoms with E-state index in [2.05, 4.69) is 0 Å². The monoisotopic (exact) mass is 224 g/mol. The molecule has 0 saturated carbocycles. The molecule has 0 bridgehead atoms. The van der Waals surface area contributed by atoms with Crippen molar-refractivity contribution in [2.45, 2.75) is 19.4 Å². The summed E-state index contributed by atoms with van der Waals surface area (Å²) >= 11 is 0. The molecule has 0 spiro atoms. The van der Waals surface area contributed by atoms with E-state index in [0.717, 1.165) is 0 Å². The molecule has 0 saturated heterocycles. The van der Waals surface area contributed by atoms with Crippen LogP contribution in [0.25, 0.3) is 0 Å². The van der Waals surface area contributed by atoms with E-state index in [0.29, 0.717) is 13.0 Å². The maximum atomic E-state index is 13.4. The zero-order valence-electron chi connectivity index (χ0n) is 9.61. The van der Waals surface area contributed by atoms with E-state index >= 15 is 0 Å². The fraction of sp³-hybridized carbons (Fsp3) is 0.417. The molecule has 1 aromatic carbocycles. The lowest BCUT2D eigenvalue weighted by Gasteiger charge is -2.24. The molecule has 16 heavy (non-hydrogen) atoms. The van der Waals surface area contributed by atoms with Crippen molar-refractivity contribution in [1.82, 2.24) is 4.90 Å². The van der Waals surface area contributed by atoms with Crippen LogP contribution in [0.4, 0.5) is 4.39 Å². The van der Waals surface area contributed by atoms with Gasteiger partial charge in [-0.15, -0.1) is 0 Å². The maximum absolute atomic E-state index is 13.4. The van der Waals surface area contributed by atoms with E-state index in [1.54, 1.807) is 19.2 Å². The van der Waals surface area contributed by atoms with Gasteiger partial charge in [0.2, 0.25) is 0 Å². The van der Waals surface area contributed by atoms with Gasteiger partial charge in [-0.3, -0.25) is 4.79 Å². The van der Waals surface area contributed by atoms with Crippen molar-refractivity contribution in [1.29, 1.82) is 0 Å². The molecule has 88 valence electrons. The van der Waals surface area contributed by atoms with Crippen molar-refractivity contribution in [2.24, 2.45) is 5.73 Å². The summed E-state index contributed by atoms with van der Waals surface area (Å²) in [4.78, 5) is 13.4. The molecular formula is C12H17FN2O. The number of hydrogen-bond donors (Lipinski definition) is 1. The Morgan fingerprint density at radius 1 is 1.50 bits per heavy atom. The van der Waals surface area contributed by atoms with Gasteiger partial charge in [0.1, 0.15) is 5.82 Å². The minimum Gasteiger partial charge on any atom is -0.339 e. The molecule has 4 heteroatoms. The molecule has 3 nitrogen and oxygen atoms in total. The Labute approximate surface area is 95.0 Å². The lowest BCUT2D eigenvalue weighted by Crippen LogP contribution is -2.36. The Morgan fingerprint density at radius 2 is 2.12 bits per heavy atom. The number of amides is 1. The Hall–Kier alpha value is -1.42. The minimum atomic E-state index is -0.487. The van der Waals surface area contributed by atoms with Gasteiger partial charge in [-0.25, -0.2) is 4.39 Å². The molecular weight excluding hydrogens is 207 g/mol. The van der Waals surface area contributed by atoms with Crippen LogP contribution in [0.15, 0.2) is 24.3 Å². The molecule has 0 radical (unpaired) electrons. The first-order valence-electron chi connectivity index (χ1n) is 5.29. The van der Waals surface area contributed by atoms with E-state index in [-0.39, 0.29) is 17.5 Å². The summed E-state index contributed by atoms with van der Waals surface area (Å²) < 4.78 is 13.4. The van der Waals surface area contributed by atoms with Crippen molar-refractivity contribution in [3.05, 3.63) is 35.6 Å². The Kier molecular flexibility index (Phi) is 4.43. The number of nitrogens with two attached hydrogens (primary N) is 1. The van der Waals surface area contributed by atoms with Crippen molar-refractivity contribution >= 4 is 5.91 Å². The second-order valence-corrected chi connectivity index (χ2v) is 3.82. The third-order valence-electron chi connectivity index (χ3n) is 2.67. The molecule has 1 unspecified atom stereocenters. The fourth-order valence-electron chi connectivity index (χ4n) is 1.46. The second kappa shape index (κ2) is 5.61. The van der Waals surface area contributed by atoms with Gasteiger partial charge in [0.05, 0.1) is 5.56 Å². The highest BCUT2D eigenvalue weighted by molar-refractivity contribution is 5.94. The summed E-state index contributed by atoms with van der Waals surface area (Å²) in [6, 6.07) is 6.00. The van der Waals surface area contributed by atoms with E-state index in [4.69, 9.17) is 5.73 Å². The predicted molar refractivity (Wildman–Crippen MR) is 61.6 cm³/mol. The van der Waals surface area contributed by atoms with Gasteiger partial charge < -0.3 is 10.6 Å². The summed E-state index contributed by atoms with van der Waals surface area (Å²) in [6.07, 6.45) is 0.705. The lowest BCUT2D eigenvalue weighted by molar-refractivity contribution is 0.0734. The summed E-state index contributed by atoms with van der Waals surface area (Å²) in [5, 5.41) is 0. The summed E-state index contributed by atoms with van der Waals surface area (Å²) in [6.45, 7) is 2.40. The molecule has 0 aliphatic rings. The molecule has 1 rings (SSSR count). The highest BCUT2D eigenvalue weighted by Crippen LogP contribution is 2.11. The number of benzene rings is 1. The first-order chi connectivity index (χ1) is 7.57. The van der Waals surface area contributed by atoms with Crippen LogP contribution in [-0.2, 0) is 0 Å². The molecule has 0 aromatic heterocycles. The van der Waals surface area contributed by atoms with Crippen LogP contribution in [0.1, 0.15) is 23.7 Å². The van der Waals surface area contributed by atoms with Crippen molar-refractivity contribution in [2.75, 3.05) is 13.6 Å². The van der Waals surface area contributed by atoms with Gasteiger partial charge in [0.15, 0.2) is 0 Å². The SMILES string of the molecule is CC(CCN)N(C)C(=O)c1ccccc1F. The van der Waals surface area contributed by atoms with Crippen LogP contribution < -0.4 is 5.73 Å².